The second-order valence-electron chi connectivity index (χ2n) is 6.84. The Kier molecular flexibility index (Phi) is 6.17. The number of hydrogen-bond acceptors (Lipinski definition) is 5. The van der Waals surface area contributed by atoms with E-state index in [0.29, 0.717) is 24.2 Å². The van der Waals surface area contributed by atoms with Gasteiger partial charge in [-0.15, -0.1) is 0 Å². The Labute approximate surface area is 170 Å². The Morgan fingerprint density at radius 2 is 1.97 bits per heavy atom. The number of hydrogen-bond donors (Lipinski definition) is 0. The van der Waals surface area contributed by atoms with Gasteiger partial charge in [0.05, 0.1) is 11.4 Å². The van der Waals surface area contributed by atoms with E-state index in [-0.39, 0.29) is 18.1 Å². The van der Waals surface area contributed by atoms with Gasteiger partial charge in [-0.1, -0.05) is 29.8 Å². The van der Waals surface area contributed by atoms with E-state index in [2.05, 4.69) is 0 Å². The number of sulfonamides is 1. The molecule has 0 saturated heterocycles. The molecule has 6 nitrogen and oxygen atoms in total. The van der Waals surface area contributed by atoms with Crippen LogP contribution in [-0.4, -0.2) is 39.1 Å². The second-order valence-corrected chi connectivity index (χ2v) is 9.03. The minimum Gasteiger partial charge on any atom is -0.454 e. The third-order valence-corrected chi connectivity index (χ3v) is 6.53. The number of nitrogens with zero attached hydrogens (tertiary/aromatic N) is 1. The summed E-state index contributed by atoms with van der Waals surface area (Å²) < 4.78 is 30.7. The van der Waals surface area contributed by atoms with Crippen LogP contribution >= 0.6 is 0 Å². The number of aryl methyl sites for hydroxylation is 1. The second kappa shape index (κ2) is 8.61. The highest BCUT2D eigenvalue weighted by molar-refractivity contribution is 7.92. The molecule has 0 radical (unpaired) electrons. The van der Waals surface area contributed by atoms with Crippen LogP contribution in [-0.2, 0) is 26.0 Å². The smallest absolute Gasteiger partial charge is 0.331 e. The Hall–Kier alpha value is -2.93. The molecule has 3 rings (SSSR count). The standard InChI is InChI=1S/C22H23NO5S/c1-3-29(26,27)23-12-11-18-14-19(8-9-20(18)23)21(24)15-28-22(25)10-7-17-6-4-5-16(2)13-17/h4-10,13-14H,3,11-12,15H2,1-2H3/b10-7+. The number of fused-ring (bicyclic) bond motifs is 1. The van der Waals surface area contributed by atoms with Crippen molar-refractivity contribution in [3.63, 3.8) is 0 Å². The highest BCUT2D eigenvalue weighted by atomic mass is 32.2. The predicted octanol–water partition coefficient (Wildman–Crippen LogP) is 3.15. The van der Waals surface area contributed by atoms with Crippen LogP contribution in [0, 0.1) is 6.92 Å². The monoisotopic (exact) mass is 413 g/mol. The lowest BCUT2D eigenvalue weighted by Gasteiger charge is -2.18. The molecule has 29 heavy (non-hydrogen) atoms. The largest absolute Gasteiger partial charge is 0.454 e. The molecule has 2 aromatic carbocycles. The number of esters is 1. The summed E-state index contributed by atoms with van der Waals surface area (Å²) in [5.41, 5.74) is 3.77. The lowest BCUT2D eigenvalue weighted by Crippen LogP contribution is -2.30. The van der Waals surface area contributed by atoms with Crippen LogP contribution in [0.3, 0.4) is 0 Å². The molecule has 0 unspecified atom stereocenters. The first-order valence-electron chi connectivity index (χ1n) is 9.38. The van der Waals surface area contributed by atoms with Crippen molar-refractivity contribution in [2.24, 2.45) is 0 Å². The molecule has 0 amide bonds. The third kappa shape index (κ3) is 4.92. The number of anilines is 1. The molecule has 0 bridgehead atoms. The van der Waals surface area contributed by atoms with Gasteiger partial charge in [0.1, 0.15) is 0 Å². The zero-order valence-corrected chi connectivity index (χ0v) is 17.2. The van der Waals surface area contributed by atoms with E-state index < -0.39 is 16.0 Å². The van der Waals surface area contributed by atoms with Gasteiger partial charge in [0, 0.05) is 18.2 Å². The first-order chi connectivity index (χ1) is 13.8. The van der Waals surface area contributed by atoms with Gasteiger partial charge < -0.3 is 4.74 Å². The molecule has 0 aromatic heterocycles. The molecule has 7 heteroatoms. The van der Waals surface area contributed by atoms with Crippen molar-refractivity contribution in [1.82, 2.24) is 0 Å². The van der Waals surface area contributed by atoms with E-state index in [4.69, 9.17) is 4.74 Å². The molecule has 2 aromatic rings. The Morgan fingerprint density at radius 1 is 1.17 bits per heavy atom. The van der Waals surface area contributed by atoms with Gasteiger partial charge >= 0.3 is 5.97 Å². The molecule has 1 heterocycles. The van der Waals surface area contributed by atoms with E-state index in [1.807, 2.05) is 31.2 Å². The molecule has 152 valence electrons. The zero-order chi connectivity index (χ0) is 21.0. The highest BCUT2D eigenvalue weighted by Crippen LogP contribution is 2.31. The normalized spacial score (nSPS) is 13.5. The minimum atomic E-state index is -3.33. The van der Waals surface area contributed by atoms with Crippen molar-refractivity contribution in [3.05, 3.63) is 70.8 Å². The van der Waals surface area contributed by atoms with Gasteiger partial charge in [-0.3, -0.25) is 9.10 Å². The number of benzene rings is 2. The fourth-order valence-corrected chi connectivity index (χ4v) is 4.35. The highest BCUT2D eigenvalue weighted by Gasteiger charge is 2.28. The van der Waals surface area contributed by atoms with Crippen LogP contribution in [0.5, 0.6) is 0 Å². The number of ketones is 1. The number of carbonyl (C=O) groups excluding carboxylic acids is 2. The molecule has 0 atom stereocenters. The van der Waals surface area contributed by atoms with Gasteiger partial charge in [-0.05, 0) is 55.7 Å². The fourth-order valence-electron chi connectivity index (χ4n) is 3.20. The summed E-state index contributed by atoms with van der Waals surface area (Å²) in [6.45, 7) is 3.57. The molecule has 0 saturated carbocycles. The summed E-state index contributed by atoms with van der Waals surface area (Å²) in [5.74, 6) is -0.901. The van der Waals surface area contributed by atoms with E-state index in [1.54, 1.807) is 31.2 Å². The molecular weight excluding hydrogens is 390 g/mol. The van der Waals surface area contributed by atoms with Crippen molar-refractivity contribution in [2.75, 3.05) is 23.2 Å². The number of Topliss-reactive ketones (excluding diaryl/α,β-unsaturated/α-hetero) is 1. The average Bonchev–Trinajstić information content (AvgIpc) is 3.14. The van der Waals surface area contributed by atoms with Gasteiger partial charge in [0.25, 0.3) is 0 Å². The summed E-state index contributed by atoms with van der Waals surface area (Å²) in [5, 5.41) is 0. The number of carbonyl (C=O) groups is 2. The average molecular weight is 413 g/mol. The quantitative estimate of drug-likeness (QED) is 0.396. The van der Waals surface area contributed by atoms with E-state index in [1.165, 1.54) is 10.4 Å². The van der Waals surface area contributed by atoms with E-state index >= 15 is 0 Å². The number of ether oxygens (including phenoxy) is 1. The Morgan fingerprint density at radius 3 is 2.69 bits per heavy atom. The van der Waals surface area contributed by atoms with Crippen molar-refractivity contribution in [1.29, 1.82) is 0 Å². The summed E-state index contributed by atoms with van der Waals surface area (Å²) in [4.78, 5) is 24.2. The fraction of sp³-hybridized carbons (Fsp3) is 0.273. The summed E-state index contributed by atoms with van der Waals surface area (Å²) >= 11 is 0. The van der Waals surface area contributed by atoms with Crippen LogP contribution in [0.1, 0.15) is 34.0 Å². The van der Waals surface area contributed by atoms with Gasteiger partial charge in [0.15, 0.2) is 12.4 Å². The van der Waals surface area contributed by atoms with Crippen LogP contribution in [0.25, 0.3) is 6.08 Å². The third-order valence-electron chi connectivity index (χ3n) is 4.75. The Balaban J connectivity index is 1.61. The molecule has 0 N–H and O–H groups in total. The van der Waals surface area contributed by atoms with Crippen LogP contribution < -0.4 is 4.31 Å². The topological polar surface area (TPSA) is 80.8 Å². The zero-order valence-electron chi connectivity index (χ0n) is 16.4. The first-order valence-corrected chi connectivity index (χ1v) is 11.0. The predicted molar refractivity (Wildman–Crippen MR) is 112 cm³/mol. The SMILES string of the molecule is CCS(=O)(=O)N1CCc2cc(C(=O)COC(=O)/C=C/c3cccc(C)c3)ccc21. The first kappa shape index (κ1) is 20.8. The van der Waals surface area contributed by atoms with Gasteiger partial charge in [-0.2, -0.15) is 0 Å². The van der Waals surface area contributed by atoms with Crippen molar-refractivity contribution >= 4 is 33.5 Å². The maximum Gasteiger partial charge on any atom is 0.331 e. The molecule has 0 aliphatic carbocycles. The molecule has 0 spiro atoms. The van der Waals surface area contributed by atoms with Crippen LogP contribution in [0.15, 0.2) is 48.5 Å². The van der Waals surface area contributed by atoms with E-state index in [0.717, 1.165) is 16.7 Å². The minimum absolute atomic E-state index is 0.0269. The van der Waals surface area contributed by atoms with Gasteiger partial charge in [-0.25, -0.2) is 13.2 Å². The maximum absolute atomic E-state index is 12.4. The lowest BCUT2D eigenvalue weighted by atomic mass is 10.1. The summed E-state index contributed by atoms with van der Waals surface area (Å²) in [6, 6.07) is 12.5. The van der Waals surface area contributed by atoms with Crippen molar-refractivity contribution < 1.29 is 22.7 Å². The van der Waals surface area contributed by atoms with Crippen molar-refractivity contribution in [3.8, 4) is 0 Å². The molecular formula is C22H23NO5S. The number of rotatable bonds is 7. The molecule has 1 aliphatic rings. The Bertz CT molecular complexity index is 1070. The van der Waals surface area contributed by atoms with Crippen molar-refractivity contribution in [2.45, 2.75) is 20.3 Å². The van der Waals surface area contributed by atoms with E-state index in [9.17, 15) is 18.0 Å². The van der Waals surface area contributed by atoms with Crippen LogP contribution in [0.2, 0.25) is 0 Å². The van der Waals surface area contributed by atoms with Gasteiger partial charge in [0.2, 0.25) is 10.0 Å². The van der Waals surface area contributed by atoms with Crippen LogP contribution in [0.4, 0.5) is 5.69 Å². The molecule has 0 fully saturated rings. The lowest BCUT2D eigenvalue weighted by molar-refractivity contribution is -0.136. The summed E-state index contributed by atoms with van der Waals surface area (Å²) in [6.07, 6.45) is 3.48. The molecule has 1 aliphatic heterocycles. The maximum atomic E-state index is 12.4. The summed E-state index contributed by atoms with van der Waals surface area (Å²) in [7, 11) is -3.33.